The summed E-state index contributed by atoms with van der Waals surface area (Å²) in [6, 6.07) is 7.46. The Morgan fingerprint density at radius 2 is 0.794 bits per heavy atom. The zero-order valence-corrected chi connectivity index (χ0v) is 40.7. The van der Waals surface area contributed by atoms with Crippen molar-refractivity contribution in [2.45, 2.75) is 143 Å². The highest BCUT2D eigenvalue weighted by molar-refractivity contribution is 8.19. The van der Waals surface area contributed by atoms with Gasteiger partial charge >= 0.3 is 35.8 Å². The summed E-state index contributed by atoms with van der Waals surface area (Å²) in [6.07, 6.45) is 18.2. The Morgan fingerprint density at radius 3 is 1.09 bits per heavy atom. The van der Waals surface area contributed by atoms with E-state index in [1.807, 2.05) is 0 Å². The average molecular weight is 975 g/mol. The fourth-order valence-electron chi connectivity index (χ4n) is 10.6. The fraction of sp³-hybridized carbons (Fsp3) is 0.654. The number of ether oxygens (including phenoxy) is 6. The number of fused-ring (bicyclic) bond motifs is 1. The molecule has 0 bridgehead atoms. The highest BCUT2D eigenvalue weighted by Gasteiger charge is 2.40. The van der Waals surface area contributed by atoms with Crippen molar-refractivity contribution in [1.82, 2.24) is 0 Å². The number of hydrogen-bond acceptors (Lipinski definition) is 16. The van der Waals surface area contributed by atoms with E-state index in [0.29, 0.717) is 110 Å². The van der Waals surface area contributed by atoms with Gasteiger partial charge in [-0.05, 0) is 164 Å². The van der Waals surface area contributed by atoms with Gasteiger partial charge < -0.3 is 28.4 Å². The summed E-state index contributed by atoms with van der Waals surface area (Å²) in [5.41, 5.74) is 0. The van der Waals surface area contributed by atoms with Crippen LogP contribution in [0.25, 0.3) is 0 Å². The SMILES string of the molecule is C=CC(=O)OCCCCOC(=O)C1CCC(C2CCC(C(=O)Oc3ccc(OC(=O)C4CCC(C5CCC(C(=O)OCCCCOC(=O)C=C)CC5)CC4)c4c3SC(C(C#N)C#N)S4)CC2)CC1. The third-order valence-corrected chi connectivity index (χ3v) is 17.6. The molecule has 0 saturated heterocycles. The number of carbonyl (C=O) groups is 6. The van der Waals surface area contributed by atoms with Crippen LogP contribution in [0.2, 0.25) is 0 Å². The largest absolute Gasteiger partial charge is 0.465 e. The number of benzene rings is 1. The Labute approximate surface area is 408 Å². The number of hydrogen-bond donors (Lipinski definition) is 0. The van der Waals surface area contributed by atoms with E-state index in [4.69, 9.17) is 28.4 Å². The van der Waals surface area contributed by atoms with Crippen molar-refractivity contribution in [1.29, 1.82) is 10.5 Å². The normalized spacial score (nSPS) is 26.7. The minimum atomic E-state index is -0.935. The molecule has 1 aromatic carbocycles. The van der Waals surface area contributed by atoms with Gasteiger partial charge in [0.05, 0.1) is 76.6 Å². The lowest BCUT2D eigenvalue weighted by Crippen LogP contribution is -2.31. The van der Waals surface area contributed by atoms with Crippen molar-refractivity contribution in [2.24, 2.45) is 53.3 Å². The molecule has 0 radical (unpaired) electrons. The molecule has 4 fully saturated rings. The Balaban J connectivity index is 0.928. The smallest absolute Gasteiger partial charge is 0.330 e. The molecule has 6 rings (SSSR count). The third kappa shape index (κ3) is 14.9. The lowest BCUT2D eigenvalue weighted by Gasteiger charge is -2.36. The number of thioether (sulfide) groups is 2. The van der Waals surface area contributed by atoms with Crippen molar-refractivity contribution in [3.05, 3.63) is 37.4 Å². The molecule has 368 valence electrons. The summed E-state index contributed by atoms with van der Waals surface area (Å²) in [5.74, 6) is -0.873. The predicted molar refractivity (Wildman–Crippen MR) is 252 cm³/mol. The molecule has 1 aromatic rings. The molecule has 0 amide bonds. The average Bonchev–Trinajstić information content (AvgIpc) is 3.83. The molecule has 1 heterocycles. The van der Waals surface area contributed by atoms with E-state index in [-0.39, 0.29) is 60.8 Å². The van der Waals surface area contributed by atoms with Crippen molar-refractivity contribution in [2.75, 3.05) is 26.4 Å². The summed E-state index contributed by atoms with van der Waals surface area (Å²) in [6.45, 7) is 7.90. The molecule has 1 aliphatic heterocycles. The molecule has 0 aromatic heterocycles. The molecule has 4 aliphatic carbocycles. The summed E-state index contributed by atoms with van der Waals surface area (Å²) in [5, 5.41) is 19.5. The minimum Gasteiger partial charge on any atom is -0.465 e. The molecular weight excluding hydrogens is 909 g/mol. The van der Waals surface area contributed by atoms with Gasteiger partial charge in [-0.3, -0.25) is 19.2 Å². The maximum atomic E-state index is 13.7. The molecule has 4 saturated carbocycles. The fourth-order valence-corrected chi connectivity index (χ4v) is 13.5. The monoisotopic (exact) mass is 974 g/mol. The molecular formula is C52H66N2O12S2. The van der Waals surface area contributed by atoms with Gasteiger partial charge in [-0.2, -0.15) is 10.5 Å². The summed E-state index contributed by atoms with van der Waals surface area (Å²) in [4.78, 5) is 76.3. The van der Waals surface area contributed by atoms with Gasteiger partial charge in [0, 0.05) is 12.2 Å². The van der Waals surface area contributed by atoms with E-state index in [9.17, 15) is 39.3 Å². The number of esters is 6. The number of rotatable bonds is 21. The van der Waals surface area contributed by atoms with Gasteiger partial charge in [-0.1, -0.05) is 13.2 Å². The topological polar surface area (TPSA) is 205 Å². The first-order chi connectivity index (χ1) is 33.0. The lowest BCUT2D eigenvalue weighted by molar-refractivity contribution is -0.151. The molecule has 0 N–H and O–H groups in total. The van der Waals surface area contributed by atoms with Crippen LogP contribution in [0.15, 0.2) is 47.2 Å². The molecule has 0 atom stereocenters. The first-order valence-corrected chi connectivity index (χ1v) is 26.4. The van der Waals surface area contributed by atoms with Crippen LogP contribution in [-0.2, 0) is 47.7 Å². The Morgan fingerprint density at radius 1 is 0.500 bits per heavy atom. The maximum absolute atomic E-state index is 13.7. The van der Waals surface area contributed by atoms with Gasteiger partial charge in [0.25, 0.3) is 0 Å². The summed E-state index contributed by atoms with van der Waals surface area (Å²) < 4.78 is 32.6. The van der Waals surface area contributed by atoms with E-state index < -0.39 is 22.4 Å². The molecule has 0 spiro atoms. The summed E-state index contributed by atoms with van der Waals surface area (Å²) in [7, 11) is 0. The van der Waals surface area contributed by atoms with E-state index in [2.05, 4.69) is 25.3 Å². The van der Waals surface area contributed by atoms with Crippen LogP contribution in [0, 0.1) is 75.9 Å². The van der Waals surface area contributed by atoms with Gasteiger partial charge in [0.2, 0.25) is 0 Å². The van der Waals surface area contributed by atoms with Crippen molar-refractivity contribution in [3.63, 3.8) is 0 Å². The zero-order valence-electron chi connectivity index (χ0n) is 39.1. The van der Waals surface area contributed by atoms with Gasteiger partial charge in [0.1, 0.15) is 11.5 Å². The van der Waals surface area contributed by atoms with Gasteiger partial charge in [-0.25, -0.2) is 9.59 Å². The second-order valence-corrected chi connectivity index (χ2v) is 21.4. The Hall–Kier alpha value is -4.80. The number of nitrogens with zero attached hydrogens (tertiary/aromatic N) is 2. The van der Waals surface area contributed by atoms with Crippen molar-refractivity contribution < 1.29 is 57.2 Å². The zero-order chi connectivity index (χ0) is 48.4. The van der Waals surface area contributed by atoms with Gasteiger partial charge in [0.15, 0.2) is 5.92 Å². The van der Waals surface area contributed by atoms with Crippen LogP contribution in [0.1, 0.15) is 128 Å². The van der Waals surface area contributed by atoms with Crippen LogP contribution < -0.4 is 9.47 Å². The van der Waals surface area contributed by atoms with Crippen LogP contribution >= 0.6 is 23.5 Å². The van der Waals surface area contributed by atoms with E-state index >= 15 is 0 Å². The van der Waals surface area contributed by atoms with Gasteiger partial charge in [-0.15, -0.1) is 23.5 Å². The number of carbonyl (C=O) groups excluding carboxylic acids is 6. The number of unbranched alkanes of at least 4 members (excludes halogenated alkanes) is 2. The maximum Gasteiger partial charge on any atom is 0.330 e. The molecule has 0 unspecified atom stereocenters. The molecule has 14 nitrogen and oxygen atoms in total. The van der Waals surface area contributed by atoms with Crippen LogP contribution in [0.4, 0.5) is 0 Å². The standard InChI is InChI=1S/C52H66N2O12S2/c1-3-44(55)61-27-5-7-29-63-48(57)37-17-9-33(10-18-37)35-13-21-39(22-14-35)50(59)65-42-25-26-43(47-46(42)67-52(68-47)41(31-53)32-54)66-51(60)40-23-15-36(16-24-40)34-11-19-38(20-12-34)49(58)64-30-8-6-28-62-45(56)4-2/h3-4,25-26,33-41,52H,1-2,5-24,27-30H2. The minimum absolute atomic E-state index is 0.100. The van der Waals surface area contributed by atoms with E-state index in [0.717, 1.165) is 89.2 Å². The third-order valence-electron chi connectivity index (χ3n) is 14.6. The number of nitriles is 2. The van der Waals surface area contributed by atoms with Crippen LogP contribution in [-0.4, -0.2) is 66.8 Å². The Kier molecular flexibility index (Phi) is 20.7. The summed E-state index contributed by atoms with van der Waals surface area (Å²) >= 11 is 2.58. The highest BCUT2D eigenvalue weighted by atomic mass is 32.2. The van der Waals surface area contributed by atoms with Crippen LogP contribution in [0.5, 0.6) is 11.5 Å². The van der Waals surface area contributed by atoms with Crippen molar-refractivity contribution in [3.8, 4) is 23.6 Å². The Bertz CT molecular complexity index is 1890. The first-order valence-electron chi connectivity index (χ1n) is 24.7. The van der Waals surface area contributed by atoms with Crippen molar-refractivity contribution >= 4 is 59.3 Å². The molecule has 5 aliphatic rings. The highest BCUT2D eigenvalue weighted by Crippen LogP contribution is 2.58. The molecule has 16 heteroatoms. The van der Waals surface area contributed by atoms with Crippen LogP contribution in [0.3, 0.4) is 0 Å². The first kappa shape index (κ1) is 52.6. The quantitative estimate of drug-likeness (QED) is 0.0369. The molecule has 68 heavy (non-hydrogen) atoms. The van der Waals surface area contributed by atoms with E-state index in [1.165, 1.54) is 23.5 Å². The second-order valence-electron chi connectivity index (χ2n) is 18.8. The second kappa shape index (κ2) is 26.8. The lowest BCUT2D eigenvalue weighted by atomic mass is 9.69. The van der Waals surface area contributed by atoms with E-state index in [1.54, 1.807) is 12.1 Å². The predicted octanol–water partition coefficient (Wildman–Crippen LogP) is 10.0.